The number of carbonyl (C=O) groups excluding carboxylic acids is 1. The molecule has 20 heavy (non-hydrogen) atoms. The van der Waals surface area contributed by atoms with Crippen molar-refractivity contribution in [3.05, 3.63) is 17.8 Å². The van der Waals surface area contributed by atoms with E-state index in [4.69, 9.17) is 5.11 Å². The molecule has 112 valence electrons. The summed E-state index contributed by atoms with van der Waals surface area (Å²) in [6, 6.07) is 3.51. The molecule has 1 heterocycles. The molecule has 0 unspecified atom stereocenters. The summed E-state index contributed by atoms with van der Waals surface area (Å²) in [7, 11) is 0. The minimum absolute atomic E-state index is 0.0637. The zero-order chi connectivity index (χ0) is 15.0. The number of amides is 1. The van der Waals surface area contributed by atoms with Gasteiger partial charge in [0.05, 0.1) is 0 Å². The van der Waals surface area contributed by atoms with E-state index in [1.807, 2.05) is 13.8 Å². The normalized spacial score (nSPS) is 10.7. The van der Waals surface area contributed by atoms with Gasteiger partial charge in [-0.1, -0.05) is 6.92 Å². The average Bonchev–Trinajstić information content (AvgIpc) is 2.45. The van der Waals surface area contributed by atoms with Gasteiger partial charge in [-0.3, -0.25) is 4.79 Å². The van der Waals surface area contributed by atoms with Gasteiger partial charge in [0.1, 0.15) is 5.82 Å². The van der Waals surface area contributed by atoms with Crippen molar-refractivity contribution in [1.82, 2.24) is 15.1 Å². The molecule has 0 spiro atoms. The van der Waals surface area contributed by atoms with Crippen LogP contribution in [0.1, 0.15) is 44.1 Å². The van der Waals surface area contributed by atoms with E-state index in [-0.39, 0.29) is 18.6 Å². The first-order valence-electron chi connectivity index (χ1n) is 7.09. The van der Waals surface area contributed by atoms with Gasteiger partial charge < -0.3 is 15.3 Å². The maximum Gasteiger partial charge on any atom is 0.274 e. The number of aromatic nitrogens is 2. The lowest BCUT2D eigenvalue weighted by atomic mass is 10.2. The Morgan fingerprint density at radius 2 is 2.15 bits per heavy atom. The van der Waals surface area contributed by atoms with Crippen LogP contribution >= 0.6 is 0 Å². The summed E-state index contributed by atoms with van der Waals surface area (Å²) >= 11 is 0. The highest BCUT2D eigenvalue weighted by Crippen LogP contribution is 2.09. The lowest BCUT2D eigenvalue weighted by Gasteiger charge is -2.26. The van der Waals surface area contributed by atoms with Crippen molar-refractivity contribution in [2.24, 2.45) is 0 Å². The minimum atomic E-state index is -0.150. The highest BCUT2D eigenvalue weighted by Gasteiger charge is 2.19. The number of aliphatic hydroxyl groups is 1. The van der Waals surface area contributed by atoms with Crippen LogP contribution in [-0.2, 0) is 0 Å². The largest absolute Gasteiger partial charge is 0.396 e. The molecule has 0 atom stereocenters. The fourth-order valence-corrected chi connectivity index (χ4v) is 1.78. The van der Waals surface area contributed by atoms with Gasteiger partial charge >= 0.3 is 0 Å². The summed E-state index contributed by atoms with van der Waals surface area (Å²) in [6.45, 7) is 7.38. The Kier molecular flexibility index (Phi) is 6.93. The number of rotatable bonds is 8. The first kappa shape index (κ1) is 16.4. The van der Waals surface area contributed by atoms with Crippen LogP contribution in [0.5, 0.6) is 0 Å². The lowest BCUT2D eigenvalue weighted by Crippen LogP contribution is -2.38. The van der Waals surface area contributed by atoms with Crippen LogP contribution in [0.15, 0.2) is 12.1 Å². The Morgan fingerprint density at radius 1 is 1.40 bits per heavy atom. The minimum Gasteiger partial charge on any atom is -0.396 e. The van der Waals surface area contributed by atoms with E-state index in [0.29, 0.717) is 24.5 Å². The Labute approximate surface area is 120 Å². The second kappa shape index (κ2) is 8.47. The van der Waals surface area contributed by atoms with Crippen molar-refractivity contribution in [2.45, 2.75) is 39.7 Å². The van der Waals surface area contributed by atoms with E-state index >= 15 is 0 Å². The highest BCUT2D eigenvalue weighted by molar-refractivity contribution is 5.92. The predicted molar refractivity (Wildman–Crippen MR) is 78.7 cm³/mol. The highest BCUT2D eigenvalue weighted by atomic mass is 16.3. The van der Waals surface area contributed by atoms with Crippen molar-refractivity contribution in [3.63, 3.8) is 0 Å². The van der Waals surface area contributed by atoms with Gasteiger partial charge in [-0.05, 0) is 38.8 Å². The smallest absolute Gasteiger partial charge is 0.274 e. The summed E-state index contributed by atoms with van der Waals surface area (Å²) in [4.78, 5) is 14.0. The molecule has 1 rings (SSSR count). The number of carbonyl (C=O) groups is 1. The van der Waals surface area contributed by atoms with Crippen LogP contribution in [0.4, 0.5) is 5.82 Å². The molecule has 1 aromatic heterocycles. The molecule has 0 aliphatic carbocycles. The summed E-state index contributed by atoms with van der Waals surface area (Å²) in [6.07, 6.45) is 1.57. The number of aliphatic hydroxyl groups excluding tert-OH is 1. The summed E-state index contributed by atoms with van der Waals surface area (Å²) in [5, 5.41) is 20.0. The molecule has 0 saturated heterocycles. The molecule has 6 nitrogen and oxygen atoms in total. The second-order valence-corrected chi connectivity index (χ2v) is 4.90. The average molecular weight is 280 g/mol. The molecule has 0 fully saturated rings. The second-order valence-electron chi connectivity index (χ2n) is 4.90. The van der Waals surface area contributed by atoms with E-state index in [0.717, 1.165) is 13.0 Å². The fraction of sp³-hybridized carbons (Fsp3) is 0.643. The predicted octanol–water partition coefficient (Wildman–Crippen LogP) is 1.53. The van der Waals surface area contributed by atoms with Crippen molar-refractivity contribution in [3.8, 4) is 0 Å². The topological polar surface area (TPSA) is 78.4 Å². The molecule has 0 aliphatic heterocycles. The lowest BCUT2D eigenvalue weighted by molar-refractivity contribution is 0.0686. The molecule has 1 aromatic rings. The Hall–Kier alpha value is -1.69. The SMILES string of the molecule is CCCNc1ccc(C(=O)N(CCCO)C(C)C)nn1. The van der Waals surface area contributed by atoms with Gasteiger partial charge in [-0.2, -0.15) is 0 Å². The maximum absolute atomic E-state index is 12.3. The van der Waals surface area contributed by atoms with Crippen molar-refractivity contribution < 1.29 is 9.90 Å². The number of hydrogen-bond donors (Lipinski definition) is 2. The first-order chi connectivity index (χ1) is 9.60. The number of nitrogens with zero attached hydrogens (tertiary/aromatic N) is 3. The van der Waals surface area contributed by atoms with Gasteiger partial charge in [0, 0.05) is 25.7 Å². The molecular weight excluding hydrogens is 256 g/mol. The standard InChI is InChI=1S/C14H24N4O2/c1-4-8-15-13-7-6-12(16-17-13)14(20)18(11(2)3)9-5-10-19/h6-7,11,19H,4-5,8-10H2,1-3H3,(H,15,17). The number of anilines is 1. The van der Waals surface area contributed by atoms with E-state index in [9.17, 15) is 4.79 Å². The molecule has 2 N–H and O–H groups in total. The molecule has 0 aromatic carbocycles. The maximum atomic E-state index is 12.3. The zero-order valence-electron chi connectivity index (χ0n) is 12.5. The molecule has 0 radical (unpaired) electrons. The van der Waals surface area contributed by atoms with Crippen LogP contribution in [0, 0.1) is 0 Å². The Balaban J connectivity index is 2.73. The van der Waals surface area contributed by atoms with E-state index in [1.54, 1.807) is 17.0 Å². The van der Waals surface area contributed by atoms with Gasteiger partial charge in [-0.25, -0.2) is 0 Å². The molecule has 6 heteroatoms. The first-order valence-corrected chi connectivity index (χ1v) is 7.09. The summed E-state index contributed by atoms with van der Waals surface area (Å²) < 4.78 is 0. The molecular formula is C14H24N4O2. The van der Waals surface area contributed by atoms with Crippen LogP contribution in [0.25, 0.3) is 0 Å². The van der Waals surface area contributed by atoms with Gasteiger partial charge in [-0.15, -0.1) is 10.2 Å². The number of nitrogens with one attached hydrogen (secondary N) is 1. The van der Waals surface area contributed by atoms with Gasteiger partial charge in [0.25, 0.3) is 5.91 Å². The third-order valence-corrected chi connectivity index (χ3v) is 2.88. The molecule has 0 bridgehead atoms. The van der Waals surface area contributed by atoms with E-state index < -0.39 is 0 Å². The van der Waals surface area contributed by atoms with Crippen LogP contribution in [-0.4, -0.2) is 51.8 Å². The van der Waals surface area contributed by atoms with E-state index in [2.05, 4.69) is 22.4 Å². The van der Waals surface area contributed by atoms with Crippen LogP contribution in [0.2, 0.25) is 0 Å². The molecule has 1 amide bonds. The van der Waals surface area contributed by atoms with E-state index in [1.165, 1.54) is 0 Å². The van der Waals surface area contributed by atoms with Crippen molar-refractivity contribution in [2.75, 3.05) is 25.0 Å². The quantitative estimate of drug-likeness (QED) is 0.755. The Bertz CT molecular complexity index is 406. The van der Waals surface area contributed by atoms with Gasteiger partial charge in [0.15, 0.2) is 5.69 Å². The molecule has 0 aliphatic rings. The third kappa shape index (κ3) is 4.77. The fourth-order valence-electron chi connectivity index (χ4n) is 1.78. The monoisotopic (exact) mass is 280 g/mol. The summed E-state index contributed by atoms with van der Waals surface area (Å²) in [5.41, 5.74) is 0.332. The third-order valence-electron chi connectivity index (χ3n) is 2.88. The number of hydrogen-bond acceptors (Lipinski definition) is 5. The zero-order valence-corrected chi connectivity index (χ0v) is 12.5. The van der Waals surface area contributed by atoms with Crippen molar-refractivity contribution >= 4 is 11.7 Å². The molecule has 0 saturated carbocycles. The van der Waals surface area contributed by atoms with Crippen molar-refractivity contribution in [1.29, 1.82) is 0 Å². The Morgan fingerprint density at radius 3 is 2.65 bits per heavy atom. The van der Waals surface area contributed by atoms with Gasteiger partial charge in [0.2, 0.25) is 0 Å². The van der Waals surface area contributed by atoms with Crippen LogP contribution in [0.3, 0.4) is 0 Å². The van der Waals surface area contributed by atoms with Crippen LogP contribution < -0.4 is 5.32 Å². The summed E-state index contributed by atoms with van der Waals surface area (Å²) in [5.74, 6) is 0.526.